The van der Waals surface area contributed by atoms with E-state index < -0.39 is 0 Å². The zero-order chi connectivity index (χ0) is 12.1. The summed E-state index contributed by atoms with van der Waals surface area (Å²) >= 11 is 0. The lowest BCUT2D eigenvalue weighted by atomic mass is 9.99. The highest BCUT2D eigenvalue weighted by atomic mass is 14.9. The molecule has 2 atom stereocenters. The van der Waals surface area contributed by atoms with E-state index in [1.165, 1.54) is 17.7 Å². The number of nitrogens with one attached hydrogen (secondary N) is 1. The second-order valence-electron chi connectivity index (χ2n) is 5.10. The second-order valence-corrected chi connectivity index (χ2v) is 5.10. The van der Waals surface area contributed by atoms with Gasteiger partial charge in [0.15, 0.2) is 0 Å². The molecular formula is C15H25N. The van der Waals surface area contributed by atoms with Crippen molar-refractivity contribution in [2.24, 2.45) is 5.92 Å². The lowest BCUT2D eigenvalue weighted by Crippen LogP contribution is -2.23. The summed E-state index contributed by atoms with van der Waals surface area (Å²) in [6.07, 6.45) is 1.22. The first kappa shape index (κ1) is 13.1. The number of anilines is 1. The summed E-state index contributed by atoms with van der Waals surface area (Å²) in [4.78, 5) is 0. The summed E-state index contributed by atoms with van der Waals surface area (Å²) in [6.45, 7) is 11.3. The van der Waals surface area contributed by atoms with Gasteiger partial charge in [-0.15, -0.1) is 0 Å². The largest absolute Gasteiger partial charge is 0.382 e. The van der Waals surface area contributed by atoms with E-state index in [9.17, 15) is 0 Å². The van der Waals surface area contributed by atoms with Gasteiger partial charge in [-0.25, -0.2) is 0 Å². The third-order valence-electron chi connectivity index (χ3n) is 3.45. The van der Waals surface area contributed by atoms with Crippen LogP contribution in [0.5, 0.6) is 0 Å². The van der Waals surface area contributed by atoms with Crippen LogP contribution in [0.4, 0.5) is 5.69 Å². The van der Waals surface area contributed by atoms with E-state index in [2.05, 4.69) is 64.2 Å². The van der Waals surface area contributed by atoms with E-state index in [-0.39, 0.29) is 0 Å². The highest BCUT2D eigenvalue weighted by molar-refractivity contribution is 5.47. The lowest BCUT2D eigenvalue weighted by molar-refractivity contribution is 0.494. The highest BCUT2D eigenvalue weighted by Crippen LogP contribution is 2.20. The van der Waals surface area contributed by atoms with Crippen molar-refractivity contribution in [3.63, 3.8) is 0 Å². The van der Waals surface area contributed by atoms with Crippen LogP contribution in [-0.4, -0.2) is 6.04 Å². The number of rotatable bonds is 5. The first-order valence-electron chi connectivity index (χ1n) is 6.41. The van der Waals surface area contributed by atoms with Gasteiger partial charge >= 0.3 is 0 Å². The molecule has 0 saturated heterocycles. The van der Waals surface area contributed by atoms with E-state index in [0.717, 1.165) is 0 Å². The predicted octanol–water partition coefficient (Wildman–Crippen LogP) is 4.66. The van der Waals surface area contributed by atoms with Gasteiger partial charge in [0.1, 0.15) is 0 Å². The molecule has 0 aliphatic carbocycles. The van der Waals surface area contributed by atoms with Crippen LogP contribution in [0, 0.1) is 5.92 Å². The van der Waals surface area contributed by atoms with Gasteiger partial charge in [0.05, 0.1) is 0 Å². The summed E-state index contributed by atoms with van der Waals surface area (Å²) in [5, 5.41) is 3.59. The van der Waals surface area contributed by atoms with Crippen LogP contribution < -0.4 is 5.32 Å². The molecule has 0 bridgehead atoms. The standard InChI is InChI=1S/C15H25N/c1-6-12(4)13(5)16-15-9-7-8-14(10-15)11(2)3/h7-13,16H,6H2,1-5H3. The fourth-order valence-electron chi connectivity index (χ4n) is 1.75. The van der Waals surface area contributed by atoms with Crippen molar-refractivity contribution < 1.29 is 0 Å². The van der Waals surface area contributed by atoms with Crippen molar-refractivity contribution in [1.29, 1.82) is 0 Å². The van der Waals surface area contributed by atoms with E-state index >= 15 is 0 Å². The zero-order valence-corrected chi connectivity index (χ0v) is 11.2. The van der Waals surface area contributed by atoms with Crippen LogP contribution in [0.3, 0.4) is 0 Å². The molecule has 1 aromatic carbocycles. The maximum Gasteiger partial charge on any atom is 0.0345 e. The first-order valence-corrected chi connectivity index (χ1v) is 6.41. The Kier molecular flexibility index (Phi) is 4.85. The molecule has 0 radical (unpaired) electrons. The van der Waals surface area contributed by atoms with Crippen LogP contribution in [0.2, 0.25) is 0 Å². The Morgan fingerprint density at radius 1 is 1.12 bits per heavy atom. The number of hydrogen-bond acceptors (Lipinski definition) is 1. The van der Waals surface area contributed by atoms with Gasteiger partial charge in [0.25, 0.3) is 0 Å². The summed E-state index contributed by atoms with van der Waals surface area (Å²) in [5.74, 6) is 1.31. The number of hydrogen-bond donors (Lipinski definition) is 1. The van der Waals surface area contributed by atoms with E-state index in [0.29, 0.717) is 17.9 Å². The zero-order valence-electron chi connectivity index (χ0n) is 11.2. The molecule has 0 aliphatic heterocycles. The van der Waals surface area contributed by atoms with Crippen LogP contribution >= 0.6 is 0 Å². The summed E-state index contributed by atoms with van der Waals surface area (Å²) in [5.41, 5.74) is 2.65. The summed E-state index contributed by atoms with van der Waals surface area (Å²) < 4.78 is 0. The Bertz CT molecular complexity index is 317. The van der Waals surface area contributed by atoms with Crippen molar-refractivity contribution in [2.75, 3.05) is 5.32 Å². The molecule has 1 heteroatoms. The molecule has 90 valence electrons. The average Bonchev–Trinajstić information content (AvgIpc) is 2.28. The third kappa shape index (κ3) is 3.55. The molecular weight excluding hydrogens is 194 g/mol. The van der Waals surface area contributed by atoms with Crippen LogP contribution in [0.15, 0.2) is 24.3 Å². The second kappa shape index (κ2) is 5.93. The molecule has 0 amide bonds. The van der Waals surface area contributed by atoms with Crippen molar-refractivity contribution in [3.8, 4) is 0 Å². The molecule has 16 heavy (non-hydrogen) atoms. The van der Waals surface area contributed by atoms with E-state index in [1.54, 1.807) is 0 Å². The average molecular weight is 219 g/mol. The van der Waals surface area contributed by atoms with Gasteiger partial charge in [0, 0.05) is 11.7 Å². The van der Waals surface area contributed by atoms with Gasteiger partial charge < -0.3 is 5.32 Å². The van der Waals surface area contributed by atoms with Gasteiger partial charge in [-0.3, -0.25) is 0 Å². The van der Waals surface area contributed by atoms with Crippen LogP contribution in [-0.2, 0) is 0 Å². The van der Waals surface area contributed by atoms with Crippen molar-refractivity contribution in [2.45, 2.75) is 53.0 Å². The normalized spacial score (nSPS) is 14.9. The Hall–Kier alpha value is -0.980. The fourth-order valence-corrected chi connectivity index (χ4v) is 1.75. The van der Waals surface area contributed by atoms with Crippen LogP contribution in [0.25, 0.3) is 0 Å². The van der Waals surface area contributed by atoms with Gasteiger partial charge in [-0.2, -0.15) is 0 Å². The minimum atomic E-state index is 0.535. The van der Waals surface area contributed by atoms with E-state index in [1.807, 2.05) is 0 Å². The molecule has 0 saturated carbocycles. The molecule has 1 nitrogen and oxygen atoms in total. The molecule has 1 N–H and O–H groups in total. The number of benzene rings is 1. The Balaban J connectivity index is 2.70. The molecule has 0 aromatic heterocycles. The Morgan fingerprint density at radius 3 is 2.38 bits per heavy atom. The quantitative estimate of drug-likeness (QED) is 0.759. The molecule has 0 spiro atoms. The molecule has 2 unspecified atom stereocenters. The minimum absolute atomic E-state index is 0.535. The fraction of sp³-hybridized carbons (Fsp3) is 0.600. The Morgan fingerprint density at radius 2 is 1.81 bits per heavy atom. The SMILES string of the molecule is CCC(C)C(C)Nc1cccc(C(C)C)c1. The summed E-state index contributed by atoms with van der Waals surface area (Å²) in [6, 6.07) is 9.30. The van der Waals surface area contributed by atoms with Gasteiger partial charge in [-0.1, -0.05) is 46.2 Å². The predicted molar refractivity (Wildman–Crippen MR) is 73.1 cm³/mol. The maximum atomic E-state index is 3.59. The van der Waals surface area contributed by atoms with Gasteiger partial charge in [-0.05, 0) is 36.5 Å². The highest BCUT2D eigenvalue weighted by Gasteiger charge is 2.10. The van der Waals surface area contributed by atoms with Crippen LogP contribution in [0.1, 0.15) is 52.5 Å². The first-order chi connectivity index (χ1) is 7.54. The molecule has 0 heterocycles. The van der Waals surface area contributed by atoms with Gasteiger partial charge in [0.2, 0.25) is 0 Å². The molecule has 0 aliphatic rings. The van der Waals surface area contributed by atoms with Crippen molar-refractivity contribution in [3.05, 3.63) is 29.8 Å². The topological polar surface area (TPSA) is 12.0 Å². The van der Waals surface area contributed by atoms with E-state index in [4.69, 9.17) is 0 Å². The monoisotopic (exact) mass is 219 g/mol. The molecule has 0 fully saturated rings. The van der Waals surface area contributed by atoms with Crippen molar-refractivity contribution in [1.82, 2.24) is 0 Å². The minimum Gasteiger partial charge on any atom is -0.382 e. The molecule has 1 rings (SSSR count). The third-order valence-corrected chi connectivity index (χ3v) is 3.45. The Labute approximate surface area is 100 Å². The lowest BCUT2D eigenvalue weighted by Gasteiger charge is -2.21. The van der Waals surface area contributed by atoms with Crippen molar-refractivity contribution >= 4 is 5.69 Å². The molecule has 1 aromatic rings. The maximum absolute atomic E-state index is 3.59. The summed E-state index contributed by atoms with van der Waals surface area (Å²) in [7, 11) is 0. The smallest absolute Gasteiger partial charge is 0.0345 e.